The number of benzene rings is 2. The quantitative estimate of drug-likeness (QED) is 0.491. The molecule has 2 N–H and O–H groups in total. The molecule has 5 rings (SSSR count). The number of nitrogens with one attached hydrogen (secondary N) is 2. The highest BCUT2D eigenvalue weighted by Crippen LogP contribution is 2.22. The number of aromatic amines is 1. The molecule has 1 fully saturated rings. The third-order valence-electron chi connectivity index (χ3n) is 6.35. The van der Waals surface area contributed by atoms with Crippen molar-refractivity contribution in [1.29, 1.82) is 0 Å². The summed E-state index contributed by atoms with van der Waals surface area (Å²) in [6.45, 7) is 8.22. The lowest BCUT2D eigenvalue weighted by molar-refractivity contribution is 0.640. The van der Waals surface area contributed by atoms with Gasteiger partial charge in [0, 0.05) is 67.4 Å². The van der Waals surface area contributed by atoms with E-state index < -0.39 is 0 Å². The minimum absolute atomic E-state index is 0.0411. The van der Waals surface area contributed by atoms with E-state index in [2.05, 4.69) is 67.3 Å². The summed E-state index contributed by atoms with van der Waals surface area (Å²) in [7, 11) is 0. The molecule has 0 saturated carbocycles. The van der Waals surface area contributed by atoms with E-state index in [9.17, 15) is 4.79 Å². The van der Waals surface area contributed by atoms with Crippen LogP contribution in [0.15, 0.2) is 65.7 Å². The van der Waals surface area contributed by atoms with Gasteiger partial charge in [-0.1, -0.05) is 12.1 Å². The van der Waals surface area contributed by atoms with Gasteiger partial charge in [0.15, 0.2) is 0 Å². The molecule has 1 saturated heterocycles. The van der Waals surface area contributed by atoms with Gasteiger partial charge in [-0.25, -0.2) is 9.97 Å². The number of hydrogen-bond acceptors (Lipinski definition) is 6. The van der Waals surface area contributed by atoms with Crippen molar-refractivity contribution >= 4 is 28.2 Å². The number of aromatic nitrogens is 3. The molecule has 1 aliphatic rings. The molecule has 0 bridgehead atoms. The Bertz CT molecular complexity index is 1310. The Kier molecular flexibility index (Phi) is 5.69. The molecule has 0 spiro atoms. The first kappa shape index (κ1) is 21.0. The molecular weight excluding hydrogens is 412 g/mol. The van der Waals surface area contributed by atoms with E-state index in [4.69, 9.17) is 0 Å². The highest BCUT2D eigenvalue weighted by atomic mass is 16.1. The second-order valence-corrected chi connectivity index (χ2v) is 8.54. The van der Waals surface area contributed by atoms with Crippen LogP contribution in [0.1, 0.15) is 16.7 Å². The number of nitrogens with zero attached hydrogens (tertiary/aromatic N) is 4. The van der Waals surface area contributed by atoms with Gasteiger partial charge in [0.2, 0.25) is 5.95 Å². The number of aryl methyl sites for hydroxylation is 2. The maximum Gasteiger partial charge on any atom is 0.253 e. The van der Waals surface area contributed by atoms with Gasteiger partial charge in [0.1, 0.15) is 0 Å². The van der Waals surface area contributed by atoms with E-state index in [1.807, 2.05) is 25.1 Å². The van der Waals surface area contributed by atoms with Crippen LogP contribution >= 0.6 is 0 Å². The minimum atomic E-state index is -0.0411. The molecule has 7 heteroatoms. The summed E-state index contributed by atoms with van der Waals surface area (Å²) in [5, 5.41) is 4.49. The number of H-pyrrole nitrogens is 1. The molecule has 0 aliphatic carbocycles. The van der Waals surface area contributed by atoms with Crippen LogP contribution in [0.5, 0.6) is 0 Å². The molecule has 1 aliphatic heterocycles. The minimum Gasteiger partial charge on any atom is -0.381 e. The van der Waals surface area contributed by atoms with E-state index in [1.165, 1.54) is 5.69 Å². The van der Waals surface area contributed by atoms with Crippen molar-refractivity contribution in [3.05, 3.63) is 88.0 Å². The van der Waals surface area contributed by atoms with Crippen molar-refractivity contribution in [2.75, 3.05) is 41.3 Å². The zero-order valence-corrected chi connectivity index (χ0v) is 19.0. The van der Waals surface area contributed by atoms with Crippen LogP contribution in [0.3, 0.4) is 0 Å². The summed E-state index contributed by atoms with van der Waals surface area (Å²) in [6.07, 6.45) is 3.57. The average molecular weight is 441 g/mol. The van der Waals surface area contributed by atoms with Crippen molar-refractivity contribution in [2.24, 2.45) is 0 Å². The van der Waals surface area contributed by atoms with E-state index in [1.54, 1.807) is 12.4 Å². The van der Waals surface area contributed by atoms with Crippen LogP contribution < -0.4 is 20.7 Å². The SMILES string of the molecule is Cc1ccc(C)c2[nH]c(=O)c(CNc3ccc(N4CCN(c5ncccn5)CC4)cc3)cc12. The first-order chi connectivity index (χ1) is 16.1. The van der Waals surface area contributed by atoms with Gasteiger partial charge in [0.05, 0.1) is 5.52 Å². The fourth-order valence-electron chi connectivity index (χ4n) is 4.36. The van der Waals surface area contributed by atoms with Crippen LogP contribution in [0.25, 0.3) is 10.9 Å². The van der Waals surface area contributed by atoms with Gasteiger partial charge in [-0.15, -0.1) is 0 Å². The topological polar surface area (TPSA) is 77.2 Å². The van der Waals surface area contributed by atoms with E-state index in [0.717, 1.165) is 65.4 Å². The van der Waals surface area contributed by atoms with Crippen LogP contribution in [0.4, 0.5) is 17.3 Å². The largest absolute Gasteiger partial charge is 0.381 e. The summed E-state index contributed by atoms with van der Waals surface area (Å²) < 4.78 is 0. The predicted octanol–water partition coefficient (Wildman–Crippen LogP) is 3.87. The maximum atomic E-state index is 12.6. The van der Waals surface area contributed by atoms with Gasteiger partial charge in [-0.05, 0) is 61.4 Å². The number of pyridine rings is 1. The van der Waals surface area contributed by atoms with Gasteiger partial charge >= 0.3 is 0 Å². The molecule has 2 aromatic carbocycles. The number of piperazine rings is 1. The first-order valence-corrected chi connectivity index (χ1v) is 11.3. The van der Waals surface area contributed by atoms with Crippen molar-refractivity contribution in [2.45, 2.75) is 20.4 Å². The number of fused-ring (bicyclic) bond motifs is 1. The Morgan fingerprint density at radius 2 is 1.58 bits per heavy atom. The molecule has 3 heterocycles. The molecule has 33 heavy (non-hydrogen) atoms. The number of rotatable bonds is 5. The fraction of sp³-hybridized carbons (Fsp3) is 0.269. The van der Waals surface area contributed by atoms with Crippen LogP contribution in [0, 0.1) is 13.8 Å². The van der Waals surface area contributed by atoms with E-state index >= 15 is 0 Å². The van der Waals surface area contributed by atoms with Crippen LogP contribution in [-0.4, -0.2) is 41.1 Å². The molecule has 0 unspecified atom stereocenters. The molecule has 0 radical (unpaired) electrons. The normalized spacial score (nSPS) is 14.0. The van der Waals surface area contributed by atoms with E-state index in [-0.39, 0.29) is 5.56 Å². The van der Waals surface area contributed by atoms with Crippen molar-refractivity contribution in [1.82, 2.24) is 15.0 Å². The third-order valence-corrected chi connectivity index (χ3v) is 6.35. The molecule has 4 aromatic rings. The summed E-state index contributed by atoms with van der Waals surface area (Å²) in [6, 6.07) is 16.4. The highest BCUT2D eigenvalue weighted by Gasteiger charge is 2.19. The Balaban J connectivity index is 1.23. The van der Waals surface area contributed by atoms with Crippen molar-refractivity contribution in [3.63, 3.8) is 0 Å². The van der Waals surface area contributed by atoms with Crippen molar-refractivity contribution in [3.8, 4) is 0 Å². The third kappa shape index (κ3) is 4.39. The predicted molar refractivity (Wildman–Crippen MR) is 134 cm³/mol. The molecule has 2 aromatic heterocycles. The summed E-state index contributed by atoms with van der Waals surface area (Å²) in [4.78, 5) is 29.0. The van der Waals surface area contributed by atoms with Gasteiger partial charge in [-0.2, -0.15) is 0 Å². The first-order valence-electron chi connectivity index (χ1n) is 11.3. The molecular formula is C26H28N6O. The van der Waals surface area contributed by atoms with Gasteiger partial charge in [-0.3, -0.25) is 4.79 Å². The zero-order chi connectivity index (χ0) is 22.8. The highest BCUT2D eigenvalue weighted by molar-refractivity contribution is 5.85. The second kappa shape index (κ2) is 8.94. The molecule has 168 valence electrons. The zero-order valence-electron chi connectivity index (χ0n) is 19.0. The number of anilines is 3. The average Bonchev–Trinajstić information content (AvgIpc) is 2.86. The Morgan fingerprint density at radius 3 is 2.30 bits per heavy atom. The maximum absolute atomic E-state index is 12.6. The Labute approximate surface area is 193 Å². The van der Waals surface area contributed by atoms with Gasteiger partial charge < -0.3 is 20.1 Å². The smallest absolute Gasteiger partial charge is 0.253 e. The van der Waals surface area contributed by atoms with Crippen LogP contribution in [-0.2, 0) is 6.54 Å². The Morgan fingerprint density at radius 1 is 0.909 bits per heavy atom. The van der Waals surface area contributed by atoms with Crippen molar-refractivity contribution < 1.29 is 0 Å². The number of hydrogen-bond donors (Lipinski definition) is 2. The molecule has 7 nitrogen and oxygen atoms in total. The molecule has 0 atom stereocenters. The standard InChI is InChI=1S/C26H28N6O/c1-18-4-5-19(2)24-23(18)16-20(25(33)30-24)17-29-21-6-8-22(9-7-21)31-12-14-32(15-13-31)26-27-10-3-11-28-26/h3-11,16,29H,12-15,17H2,1-2H3,(H,30,33). The lowest BCUT2D eigenvalue weighted by atomic mass is 10.0. The fourth-order valence-corrected chi connectivity index (χ4v) is 4.36. The monoisotopic (exact) mass is 440 g/mol. The van der Waals surface area contributed by atoms with Gasteiger partial charge in [0.25, 0.3) is 5.56 Å². The summed E-state index contributed by atoms with van der Waals surface area (Å²) in [5.74, 6) is 0.797. The van der Waals surface area contributed by atoms with Crippen LogP contribution in [0.2, 0.25) is 0 Å². The lowest BCUT2D eigenvalue weighted by Gasteiger charge is -2.36. The second-order valence-electron chi connectivity index (χ2n) is 8.54. The lowest BCUT2D eigenvalue weighted by Crippen LogP contribution is -2.47. The Hall–Kier alpha value is -3.87. The van der Waals surface area contributed by atoms with E-state index in [0.29, 0.717) is 6.54 Å². The molecule has 0 amide bonds. The summed E-state index contributed by atoms with van der Waals surface area (Å²) in [5.41, 5.74) is 6.06. The summed E-state index contributed by atoms with van der Waals surface area (Å²) >= 11 is 0.